The minimum absolute atomic E-state index is 0.0420. The predicted octanol–water partition coefficient (Wildman–Crippen LogP) is 2.06. The van der Waals surface area contributed by atoms with Gasteiger partial charge in [0.25, 0.3) is 5.79 Å². The molecule has 0 radical (unpaired) electrons. The molecule has 188 valence electrons. The van der Waals surface area contributed by atoms with Crippen molar-refractivity contribution in [1.29, 1.82) is 0 Å². The fourth-order valence-corrected chi connectivity index (χ4v) is 3.79. The second-order valence-electron chi connectivity index (χ2n) is 8.04. The SMILES string of the molecule is COc1cc([C@@]2(O)Oc3c(cc(C=CCOC(C)=O)cc3OC)C[C@]2(O)COC(C)=O)ccc1O. The van der Waals surface area contributed by atoms with Crippen LogP contribution in [0.25, 0.3) is 6.08 Å². The summed E-state index contributed by atoms with van der Waals surface area (Å²) < 4.78 is 26.6. The number of carbonyl (C=O) groups is 2. The number of ether oxygens (including phenoxy) is 5. The van der Waals surface area contributed by atoms with E-state index in [1.807, 2.05) is 0 Å². The lowest BCUT2D eigenvalue weighted by molar-refractivity contribution is -0.287. The van der Waals surface area contributed by atoms with Crippen molar-refractivity contribution in [3.8, 4) is 23.0 Å². The normalized spacial score (nSPS) is 21.1. The Balaban J connectivity index is 2.10. The maximum Gasteiger partial charge on any atom is 0.302 e. The first-order valence-electron chi connectivity index (χ1n) is 10.7. The summed E-state index contributed by atoms with van der Waals surface area (Å²) in [4.78, 5) is 22.5. The maximum atomic E-state index is 11.7. The minimum Gasteiger partial charge on any atom is -0.504 e. The summed E-state index contributed by atoms with van der Waals surface area (Å²) >= 11 is 0. The van der Waals surface area contributed by atoms with Gasteiger partial charge in [0.1, 0.15) is 13.2 Å². The predicted molar refractivity (Wildman–Crippen MR) is 123 cm³/mol. The first kappa shape index (κ1) is 25.9. The number of phenolic OH excluding ortho intramolecular Hbond substituents is 1. The van der Waals surface area contributed by atoms with Crippen molar-refractivity contribution >= 4 is 18.0 Å². The van der Waals surface area contributed by atoms with Gasteiger partial charge in [-0.25, -0.2) is 0 Å². The summed E-state index contributed by atoms with van der Waals surface area (Å²) in [5.41, 5.74) is -0.942. The minimum atomic E-state index is -2.41. The second-order valence-corrected chi connectivity index (χ2v) is 8.04. The molecule has 10 heteroatoms. The number of phenols is 1. The Hall–Kier alpha value is -3.76. The third-order valence-corrected chi connectivity index (χ3v) is 5.52. The topological polar surface area (TPSA) is 141 Å². The van der Waals surface area contributed by atoms with Gasteiger partial charge in [-0.05, 0) is 42.0 Å². The summed E-state index contributed by atoms with van der Waals surface area (Å²) in [5, 5.41) is 33.3. The molecule has 2 atom stereocenters. The lowest BCUT2D eigenvalue weighted by atomic mass is 9.79. The van der Waals surface area contributed by atoms with Crippen molar-refractivity contribution in [2.45, 2.75) is 31.7 Å². The van der Waals surface area contributed by atoms with Gasteiger partial charge in [0.05, 0.1) is 14.2 Å². The highest BCUT2D eigenvalue weighted by Gasteiger charge is 2.58. The van der Waals surface area contributed by atoms with Crippen LogP contribution in [0.15, 0.2) is 36.4 Å². The van der Waals surface area contributed by atoms with Gasteiger partial charge in [0.2, 0.25) is 0 Å². The molecule has 35 heavy (non-hydrogen) atoms. The standard InChI is InChI=1S/C25H28O10/c1-15(26)33-9-5-6-17-10-18-13-24(29,14-34-16(2)27)25(30,35-23(18)22(11-17)32-4)19-7-8-20(28)21(12-19)31-3/h5-8,10-12,28-30H,9,13-14H2,1-4H3/t24-,25+/m0/s1. The Morgan fingerprint density at radius 3 is 2.34 bits per heavy atom. The summed E-state index contributed by atoms with van der Waals surface area (Å²) in [6, 6.07) is 7.32. The van der Waals surface area contributed by atoms with Gasteiger partial charge < -0.3 is 39.0 Å². The number of hydrogen-bond acceptors (Lipinski definition) is 10. The van der Waals surface area contributed by atoms with Gasteiger partial charge >= 0.3 is 11.9 Å². The number of carbonyl (C=O) groups excluding carboxylic acids is 2. The van der Waals surface area contributed by atoms with E-state index in [1.165, 1.54) is 46.3 Å². The molecule has 0 aliphatic carbocycles. The highest BCUT2D eigenvalue weighted by molar-refractivity contribution is 5.67. The molecule has 0 amide bonds. The van der Waals surface area contributed by atoms with Crippen LogP contribution in [-0.2, 0) is 31.3 Å². The van der Waals surface area contributed by atoms with E-state index in [0.29, 0.717) is 11.1 Å². The number of methoxy groups -OCH3 is 2. The van der Waals surface area contributed by atoms with E-state index >= 15 is 0 Å². The molecule has 1 aliphatic heterocycles. The number of esters is 2. The van der Waals surface area contributed by atoms with Crippen LogP contribution in [0.1, 0.15) is 30.5 Å². The van der Waals surface area contributed by atoms with Crippen LogP contribution in [0.3, 0.4) is 0 Å². The van der Waals surface area contributed by atoms with Crippen LogP contribution in [0.4, 0.5) is 0 Å². The third-order valence-electron chi connectivity index (χ3n) is 5.52. The van der Waals surface area contributed by atoms with Gasteiger partial charge in [-0.2, -0.15) is 0 Å². The Labute approximate surface area is 202 Å². The summed E-state index contributed by atoms with van der Waals surface area (Å²) in [6.45, 7) is 1.97. The molecule has 1 aliphatic rings. The van der Waals surface area contributed by atoms with Crippen molar-refractivity contribution in [2.24, 2.45) is 0 Å². The highest BCUT2D eigenvalue weighted by atomic mass is 16.7. The van der Waals surface area contributed by atoms with E-state index in [9.17, 15) is 24.9 Å². The molecule has 0 bridgehead atoms. The first-order valence-corrected chi connectivity index (χ1v) is 10.7. The summed E-state index contributed by atoms with van der Waals surface area (Å²) in [6.07, 6.45) is 3.15. The van der Waals surface area contributed by atoms with E-state index in [4.69, 9.17) is 23.7 Å². The molecule has 0 unspecified atom stereocenters. The zero-order valence-electron chi connectivity index (χ0n) is 19.9. The highest BCUT2D eigenvalue weighted by Crippen LogP contribution is 2.49. The smallest absolute Gasteiger partial charge is 0.302 e. The largest absolute Gasteiger partial charge is 0.504 e. The van der Waals surface area contributed by atoms with Crippen LogP contribution < -0.4 is 14.2 Å². The van der Waals surface area contributed by atoms with Gasteiger partial charge in [-0.1, -0.05) is 6.08 Å². The molecule has 3 rings (SSSR count). The van der Waals surface area contributed by atoms with E-state index in [0.717, 1.165) is 0 Å². The van der Waals surface area contributed by atoms with Gasteiger partial charge in [-0.3, -0.25) is 9.59 Å². The molecule has 10 nitrogen and oxygen atoms in total. The molecule has 0 aromatic heterocycles. The number of aromatic hydroxyl groups is 1. The molecule has 1 heterocycles. The molecule has 2 aromatic carbocycles. The molecule has 0 saturated carbocycles. The quantitative estimate of drug-likeness (QED) is 0.473. The van der Waals surface area contributed by atoms with Gasteiger partial charge in [-0.15, -0.1) is 0 Å². The van der Waals surface area contributed by atoms with Crippen molar-refractivity contribution in [2.75, 3.05) is 27.4 Å². The van der Waals surface area contributed by atoms with Gasteiger partial charge in [0, 0.05) is 31.4 Å². The lowest BCUT2D eigenvalue weighted by Crippen LogP contribution is -2.62. The number of hydrogen-bond donors (Lipinski definition) is 3. The van der Waals surface area contributed by atoms with E-state index in [2.05, 4.69) is 0 Å². The fourth-order valence-electron chi connectivity index (χ4n) is 3.79. The molecule has 0 spiro atoms. The Morgan fingerprint density at radius 1 is 1.03 bits per heavy atom. The molecule has 2 aromatic rings. The van der Waals surface area contributed by atoms with E-state index in [-0.39, 0.29) is 41.6 Å². The van der Waals surface area contributed by atoms with E-state index < -0.39 is 29.9 Å². The second kappa shape index (κ2) is 10.2. The summed E-state index contributed by atoms with van der Waals surface area (Å²) in [7, 11) is 2.76. The Kier molecular flexibility index (Phi) is 7.57. The molecule has 0 fully saturated rings. The van der Waals surface area contributed by atoms with Crippen LogP contribution in [0, 0.1) is 0 Å². The van der Waals surface area contributed by atoms with Crippen LogP contribution in [0.2, 0.25) is 0 Å². The lowest BCUT2D eigenvalue weighted by Gasteiger charge is -2.46. The third kappa shape index (κ3) is 5.33. The van der Waals surface area contributed by atoms with Gasteiger partial charge in [0.15, 0.2) is 28.6 Å². The molecular formula is C25H28O10. The molecular weight excluding hydrogens is 460 g/mol. The zero-order valence-corrected chi connectivity index (χ0v) is 19.9. The summed E-state index contributed by atoms with van der Waals surface area (Å²) in [5.74, 6) is -3.17. The van der Waals surface area contributed by atoms with Crippen LogP contribution in [-0.4, -0.2) is 60.3 Å². The van der Waals surface area contributed by atoms with E-state index in [1.54, 1.807) is 24.3 Å². The Bertz CT molecular complexity index is 1140. The fraction of sp³-hybridized carbons (Fsp3) is 0.360. The molecule has 0 saturated heterocycles. The van der Waals surface area contributed by atoms with Crippen molar-refractivity contribution in [3.05, 3.63) is 53.1 Å². The zero-order chi connectivity index (χ0) is 25.8. The molecule has 3 N–H and O–H groups in total. The Morgan fingerprint density at radius 2 is 1.71 bits per heavy atom. The first-order chi connectivity index (χ1) is 16.5. The number of benzene rings is 2. The van der Waals surface area contributed by atoms with Crippen molar-refractivity contribution in [3.63, 3.8) is 0 Å². The monoisotopic (exact) mass is 488 g/mol. The average Bonchev–Trinajstić information content (AvgIpc) is 2.81. The van der Waals surface area contributed by atoms with Crippen LogP contribution >= 0.6 is 0 Å². The van der Waals surface area contributed by atoms with Crippen molar-refractivity contribution < 1.29 is 48.6 Å². The maximum absolute atomic E-state index is 11.7. The number of rotatable bonds is 8. The number of fused-ring (bicyclic) bond motifs is 1. The average molecular weight is 488 g/mol. The van der Waals surface area contributed by atoms with Crippen LogP contribution in [0.5, 0.6) is 23.0 Å². The number of aliphatic hydroxyl groups is 2. The van der Waals surface area contributed by atoms with Crippen molar-refractivity contribution in [1.82, 2.24) is 0 Å².